The van der Waals surface area contributed by atoms with Crippen molar-refractivity contribution in [3.63, 3.8) is 0 Å². The summed E-state index contributed by atoms with van der Waals surface area (Å²) in [6.07, 6.45) is -3.79. The quantitative estimate of drug-likeness (QED) is 0.0815. The van der Waals surface area contributed by atoms with Crippen molar-refractivity contribution in [2.24, 2.45) is 5.73 Å². The maximum absolute atomic E-state index is 12.6. The molecule has 4 atom stereocenters. The van der Waals surface area contributed by atoms with Crippen LogP contribution in [0.3, 0.4) is 0 Å². The average molecular weight is 534 g/mol. The first-order valence-corrected chi connectivity index (χ1v) is 10.9. The number of amides is 3. The Balaban J connectivity index is 5.16. The van der Waals surface area contributed by atoms with E-state index < -0.39 is 117 Å². The fourth-order valence-corrected chi connectivity index (χ4v) is 2.81. The molecule has 10 N–H and O–H groups in total. The summed E-state index contributed by atoms with van der Waals surface area (Å²) in [5.74, 6) is -9.91. The predicted molar refractivity (Wildman–Crippen MR) is 119 cm³/mol. The molecule has 3 amide bonds. The predicted octanol–water partition coefficient (Wildman–Crippen LogP) is -2.69. The Morgan fingerprint density at radius 3 is 1.32 bits per heavy atom. The minimum absolute atomic E-state index is 0.287. The van der Waals surface area contributed by atoms with Gasteiger partial charge in [-0.15, -0.1) is 0 Å². The lowest BCUT2D eigenvalue weighted by molar-refractivity contribution is -0.144. The zero-order chi connectivity index (χ0) is 28.7. The zero-order valence-electron chi connectivity index (χ0n) is 19.5. The first-order chi connectivity index (χ1) is 17.1. The van der Waals surface area contributed by atoms with Crippen LogP contribution in [0.4, 0.5) is 0 Å². The summed E-state index contributed by atoms with van der Waals surface area (Å²) >= 11 is 0. The number of aliphatic carboxylic acids is 5. The molecule has 0 aliphatic heterocycles. The van der Waals surface area contributed by atoms with E-state index in [1.54, 1.807) is 0 Å². The molecule has 0 bridgehead atoms. The van der Waals surface area contributed by atoms with Crippen molar-refractivity contribution in [1.82, 2.24) is 16.0 Å². The Labute approximate surface area is 209 Å². The maximum atomic E-state index is 12.6. The molecule has 0 aromatic heterocycles. The molecule has 37 heavy (non-hydrogen) atoms. The standard InChI is InChI=1S/C20H30N4O13/c21-9(18(32)33)1-5-13(25)22-10(3-7-15(27)28)17(31)24-12(20(36)37)2-6-14(26)23-11(19(34)35)4-8-16(29)30/h9-12H,1-8,21H2,(H,22,25)(H,23,26)(H,24,31)(H,27,28)(H,29,30)(H,32,33)(H,34,35)(H,36,37)/t9-,10-,11-,12-/m0/s1. The van der Waals surface area contributed by atoms with Crippen LogP contribution < -0.4 is 21.7 Å². The maximum Gasteiger partial charge on any atom is 0.326 e. The summed E-state index contributed by atoms with van der Waals surface area (Å²) in [6, 6.07) is -6.09. The largest absolute Gasteiger partial charge is 0.481 e. The highest BCUT2D eigenvalue weighted by Gasteiger charge is 2.28. The molecule has 0 saturated carbocycles. The molecule has 0 aliphatic carbocycles. The number of hydrogen-bond donors (Lipinski definition) is 9. The van der Waals surface area contributed by atoms with E-state index in [1.807, 2.05) is 0 Å². The average Bonchev–Trinajstić information content (AvgIpc) is 2.79. The first kappa shape index (κ1) is 32.7. The number of rotatable bonds is 19. The van der Waals surface area contributed by atoms with E-state index in [1.165, 1.54) is 0 Å². The highest BCUT2D eigenvalue weighted by molar-refractivity contribution is 5.91. The van der Waals surface area contributed by atoms with Gasteiger partial charge in [0.1, 0.15) is 24.2 Å². The third kappa shape index (κ3) is 14.7. The van der Waals surface area contributed by atoms with Crippen LogP contribution in [0.1, 0.15) is 51.4 Å². The molecule has 0 radical (unpaired) electrons. The van der Waals surface area contributed by atoms with Crippen molar-refractivity contribution >= 4 is 47.6 Å². The summed E-state index contributed by atoms with van der Waals surface area (Å²) in [7, 11) is 0. The number of hydrogen-bond acceptors (Lipinski definition) is 9. The molecular formula is C20H30N4O13. The summed E-state index contributed by atoms with van der Waals surface area (Å²) in [5.41, 5.74) is 5.29. The van der Waals surface area contributed by atoms with E-state index in [0.717, 1.165) is 0 Å². The molecular weight excluding hydrogens is 504 g/mol. The molecule has 0 heterocycles. The van der Waals surface area contributed by atoms with Crippen LogP contribution >= 0.6 is 0 Å². The molecule has 17 heteroatoms. The Morgan fingerprint density at radius 1 is 0.514 bits per heavy atom. The van der Waals surface area contributed by atoms with Gasteiger partial charge in [0, 0.05) is 25.7 Å². The first-order valence-electron chi connectivity index (χ1n) is 10.9. The molecule has 0 spiro atoms. The van der Waals surface area contributed by atoms with E-state index in [0.29, 0.717) is 0 Å². The molecule has 0 unspecified atom stereocenters. The number of carbonyl (C=O) groups excluding carboxylic acids is 3. The third-order valence-corrected chi connectivity index (χ3v) is 4.85. The van der Waals surface area contributed by atoms with Gasteiger partial charge in [0.15, 0.2) is 0 Å². The Kier molecular flexibility index (Phi) is 14.5. The molecule has 0 fully saturated rings. The van der Waals surface area contributed by atoms with Crippen LogP contribution in [0, 0.1) is 0 Å². The summed E-state index contributed by atoms with van der Waals surface area (Å²) in [6.45, 7) is 0. The van der Waals surface area contributed by atoms with E-state index in [-0.39, 0.29) is 6.42 Å². The fraction of sp³-hybridized carbons (Fsp3) is 0.600. The molecule has 17 nitrogen and oxygen atoms in total. The van der Waals surface area contributed by atoms with Crippen molar-refractivity contribution in [2.45, 2.75) is 75.5 Å². The Morgan fingerprint density at radius 2 is 0.892 bits per heavy atom. The van der Waals surface area contributed by atoms with E-state index in [9.17, 15) is 43.5 Å². The van der Waals surface area contributed by atoms with E-state index >= 15 is 0 Å². The van der Waals surface area contributed by atoms with Gasteiger partial charge in [0.05, 0.1) is 0 Å². The second-order valence-corrected chi connectivity index (χ2v) is 7.86. The third-order valence-electron chi connectivity index (χ3n) is 4.85. The van der Waals surface area contributed by atoms with Gasteiger partial charge < -0.3 is 47.2 Å². The van der Waals surface area contributed by atoms with Gasteiger partial charge in [0.2, 0.25) is 17.7 Å². The number of nitrogens with one attached hydrogen (secondary N) is 3. The Hall–Kier alpha value is -4.28. The van der Waals surface area contributed by atoms with Crippen LogP contribution in [-0.4, -0.2) is 97.3 Å². The molecule has 208 valence electrons. The second-order valence-electron chi connectivity index (χ2n) is 7.86. The minimum atomic E-state index is -1.69. The smallest absolute Gasteiger partial charge is 0.326 e. The minimum Gasteiger partial charge on any atom is -0.481 e. The van der Waals surface area contributed by atoms with Crippen molar-refractivity contribution in [3.05, 3.63) is 0 Å². The van der Waals surface area contributed by atoms with Crippen molar-refractivity contribution in [1.29, 1.82) is 0 Å². The van der Waals surface area contributed by atoms with Gasteiger partial charge in [0.25, 0.3) is 0 Å². The van der Waals surface area contributed by atoms with Crippen LogP contribution in [-0.2, 0) is 38.4 Å². The lowest BCUT2D eigenvalue weighted by Gasteiger charge is -2.21. The lowest BCUT2D eigenvalue weighted by Crippen LogP contribution is -2.52. The van der Waals surface area contributed by atoms with Crippen molar-refractivity contribution in [2.75, 3.05) is 0 Å². The van der Waals surface area contributed by atoms with Crippen LogP contribution in [0.5, 0.6) is 0 Å². The van der Waals surface area contributed by atoms with Crippen molar-refractivity contribution < 1.29 is 63.9 Å². The molecule has 0 aromatic rings. The SMILES string of the molecule is N[C@@H](CCC(=O)N[C@@H](CCC(=O)O)C(=O)N[C@@H](CCC(=O)N[C@@H](CCC(=O)O)C(=O)O)C(=O)O)C(=O)O. The normalized spacial score (nSPS) is 13.8. The Bertz CT molecular complexity index is 891. The summed E-state index contributed by atoms with van der Waals surface area (Å²) in [5, 5.41) is 51.0. The topological polar surface area (TPSA) is 300 Å². The highest BCUT2D eigenvalue weighted by atomic mass is 16.4. The molecule has 0 saturated heterocycles. The zero-order valence-corrected chi connectivity index (χ0v) is 19.5. The fourth-order valence-electron chi connectivity index (χ4n) is 2.81. The van der Waals surface area contributed by atoms with Gasteiger partial charge in [-0.05, 0) is 25.7 Å². The van der Waals surface area contributed by atoms with E-state index in [4.69, 9.17) is 26.2 Å². The van der Waals surface area contributed by atoms with E-state index in [2.05, 4.69) is 16.0 Å². The van der Waals surface area contributed by atoms with Gasteiger partial charge in [-0.3, -0.25) is 28.8 Å². The number of carboxylic acids is 5. The number of carboxylic acid groups (broad SMARTS) is 5. The highest BCUT2D eigenvalue weighted by Crippen LogP contribution is 2.06. The van der Waals surface area contributed by atoms with Gasteiger partial charge in [-0.2, -0.15) is 0 Å². The second kappa shape index (κ2) is 16.4. The van der Waals surface area contributed by atoms with Crippen LogP contribution in [0.2, 0.25) is 0 Å². The number of carbonyl (C=O) groups is 8. The molecule has 0 aliphatic rings. The van der Waals surface area contributed by atoms with Crippen LogP contribution in [0.25, 0.3) is 0 Å². The monoisotopic (exact) mass is 534 g/mol. The number of nitrogens with two attached hydrogens (primary N) is 1. The summed E-state index contributed by atoms with van der Waals surface area (Å²) < 4.78 is 0. The van der Waals surface area contributed by atoms with Crippen molar-refractivity contribution in [3.8, 4) is 0 Å². The van der Waals surface area contributed by atoms with Gasteiger partial charge in [-0.25, -0.2) is 9.59 Å². The lowest BCUT2D eigenvalue weighted by atomic mass is 10.1. The van der Waals surface area contributed by atoms with Gasteiger partial charge >= 0.3 is 29.8 Å². The molecule has 0 aromatic carbocycles. The summed E-state index contributed by atoms with van der Waals surface area (Å²) in [4.78, 5) is 91.6. The molecule has 0 rings (SSSR count). The van der Waals surface area contributed by atoms with Crippen LogP contribution in [0.15, 0.2) is 0 Å². The van der Waals surface area contributed by atoms with Gasteiger partial charge in [-0.1, -0.05) is 0 Å².